The number of halogens is 1. The number of rotatable bonds is 5. The molecule has 1 aromatic rings. The van der Waals surface area contributed by atoms with Gasteiger partial charge in [-0.15, -0.1) is 0 Å². The fourth-order valence-corrected chi connectivity index (χ4v) is 2.32. The van der Waals surface area contributed by atoms with Gasteiger partial charge in [0.25, 0.3) is 0 Å². The van der Waals surface area contributed by atoms with Crippen LogP contribution in [0.3, 0.4) is 0 Å². The second-order valence-electron chi connectivity index (χ2n) is 4.26. The molecule has 0 amide bonds. The number of aromatic carboxylic acids is 1. The molecule has 0 heterocycles. The summed E-state index contributed by atoms with van der Waals surface area (Å²) in [5, 5.41) is 8.96. The Labute approximate surface area is 111 Å². The van der Waals surface area contributed by atoms with Gasteiger partial charge in [0.2, 0.25) is 0 Å². The van der Waals surface area contributed by atoms with Crippen molar-refractivity contribution in [3.8, 4) is 0 Å². The number of carbonyl (C=O) groups is 1. The van der Waals surface area contributed by atoms with Crippen LogP contribution in [0.2, 0.25) is 0 Å². The van der Waals surface area contributed by atoms with Crippen LogP contribution < -0.4 is 4.90 Å². The maximum absolute atomic E-state index is 10.9. The highest BCUT2D eigenvalue weighted by molar-refractivity contribution is 9.10. The molecule has 0 aromatic heterocycles. The summed E-state index contributed by atoms with van der Waals surface area (Å²) in [6.45, 7) is 7.37. The number of hydrogen-bond donors (Lipinski definition) is 1. The summed E-state index contributed by atoms with van der Waals surface area (Å²) in [5.41, 5.74) is 1.35. The van der Waals surface area contributed by atoms with E-state index in [9.17, 15) is 4.79 Å². The van der Waals surface area contributed by atoms with Crippen LogP contribution >= 0.6 is 15.9 Å². The summed E-state index contributed by atoms with van der Waals surface area (Å²) in [6.07, 6.45) is 1.07. The third kappa shape index (κ3) is 3.46. The first-order valence-corrected chi connectivity index (χ1v) is 6.56. The molecule has 0 fully saturated rings. The van der Waals surface area contributed by atoms with E-state index >= 15 is 0 Å². The minimum absolute atomic E-state index is 0.300. The molecule has 4 heteroatoms. The van der Waals surface area contributed by atoms with Crippen molar-refractivity contribution in [1.82, 2.24) is 0 Å². The van der Waals surface area contributed by atoms with Gasteiger partial charge in [-0.25, -0.2) is 4.79 Å². The fraction of sp³-hybridized carbons (Fsp3) is 0.462. The SMILES string of the molecule is CCCN(c1ccc(C(=O)O)c(Br)c1)C(C)C. The van der Waals surface area contributed by atoms with Crippen LogP contribution in [-0.2, 0) is 0 Å². The molecule has 0 aliphatic rings. The molecule has 0 saturated heterocycles. The number of carboxylic acid groups (broad SMARTS) is 1. The van der Waals surface area contributed by atoms with Crippen molar-refractivity contribution in [1.29, 1.82) is 0 Å². The Morgan fingerprint density at radius 1 is 1.47 bits per heavy atom. The number of carboxylic acids is 1. The van der Waals surface area contributed by atoms with Crippen LogP contribution in [0, 0.1) is 0 Å². The fourth-order valence-electron chi connectivity index (χ4n) is 1.78. The second-order valence-corrected chi connectivity index (χ2v) is 5.11. The highest BCUT2D eigenvalue weighted by atomic mass is 79.9. The standard InChI is InChI=1S/C13H18BrNO2/c1-4-7-15(9(2)3)10-5-6-11(13(16)17)12(14)8-10/h5-6,8-9H,4,7H2,1-3H3,(H,16,17). The Morgan fingerprint density at radius 3 is 2.53 bits per heavy atom. The summed E-state index contributed by atoms with van der Waals surface area (Å²) >= 11 is 3.31. The Hall–Kier alpha value is -1.03. The first-order chi connectivity index (χ1) is 7.97. The van der Waals surface area contributed by atoms with Crippen molar-refractivity contribution in [2.75, 3.05) is 11.4 Å². The molecule has 1 N–H and O–H groups in total. The van der Waals surface area contributed by atoms with Gasteiger partial charge >= 0.3 is 5.97 Å². The molecule has 0 atom stereocenters. The number of anilines is 1. The zero-order chi connectivity index (χ0) is 13.0. The largest absolute Gasteiger partial charge is 0.478 e. The second kappa shape index (κ2) is 6.05. The van der Waals surface area contributed by atoms with Gasteiger partial charge in [-0.05, 0) is 54.4 Å². The molecule has 17 heavy (non-hydrogen) atoms. The van der Waals surface area contributed by atoms with E-state index in [1.807, 2.05) is 12.1 Å². The molecule has 0 radical (unpaired) electrons. The van der Waals surface area contributed by atoms with E-state index in [0.29, 0.717) is 16.1 Å². The van der Waals surface area contributed by atoms with Gasteiger partial charge in [-0.1, -0.05) is 6.92 Å². The van der Waals surface area contributed by atoms with Crippen molar-refractivity contribution in [3.05, 3.63) is 28.2 Å². The van der Waals surface area contributed by atoms with Crippen molar-refractivity contribution >= 4 is 27.6 Å². The molecule has 0 saturated carbocycles. The Morgan fingerprint density at radius 2 is 2.12 bits per heavy atom. The van der Waals surface area contributed by atoms with E-state index < -0.39 is 5.97 Å². The zero-order valence-corrected chi connectivity index (χ0v) is 12.0. The van der Waals surface area contributed by atoms with Gasteiger partial charge < -0.3 is 10.0 Å². The summed E-state index contributed by atoms with van der Waals surface area (Å²) in [6, 6.07) is 5.79. The van der Waals surface area contributed by atoms with Crippen molar-refractivity contribution < 1.29 is 9.90 Å². The smallest absolute Gasteiger partial charge is 0.336 e. The molecule has 0 aliphatic carbocycles. The molecule has 0 unspecified atom stereocenters. The normalized spacial score (nSPS) is 10.6. The monoisotopic (exact) mass is 299 g/mol. The molecule has 3 nitrogen and oxygen atoms in total. The Kier molecular flexibility index (Phi) is 5.00. The third-order valence-electron chi connectivity index (χ3n) is 2.60. The molecule has 1 aromatic carbocycles. The van der Waals surface area contributed by atoms with E-state index in [1.54, 1.807) is 6.07 Å². The lowest BCUT2D eigenvalue weighted by Gasteiger charge is -2.29. The predicted molar refractivity (Wildman–Crippen MR) is 73.9 cm³/mol. The van der Waals surface area contributed by atoms with Crippen LogP contribution in [0.15, 0.2) is 22.7 Å². The lowest BCUT2D eigenvalue weighted by molar-refractivity contribution is 0.0696. The molecule has 94 valence electrons. The van der Waals surface area contributed by atoms with E-state index in [1.165, 1.54) is 0 Å². The lowest BCUT2D eigenvalue weighted by Crippen LogP contribution is -2.31. The molecule has 1 rings (SSSR count). The summed E-state index contributed by atoms with van der Waals surface area (Å²) in [7, 11) is 0. The average molecular weight is 300 g/mol. The topological polar surface area (TPSA) is 40.5 Å². The van der Waals surface area contributed by atoms with Crippen LogP contribution in [0.25, 0.3) is 0 Å². The first kappa shape index (κ1) is 14.0. The molecular formula is C13H18BrNO2. The van der Waals surface area contributed by atoms with Crippen molar-refractivity contribution in [2.24, 2.45) is 0 Å². The summed E-state index contributed by atoms with van der Waals surface area (Å²) in [4.78, 5) is 13.2. The quantitative estimate of drug-likeness (QED) is 0.900. The van der Waals surface area contributed by atoms with Crippen LogP contribution in [0.1, 0.15) is 37.6 Å². The van der Waals surface area contributed by atoms with E-state index in [-0.39, 0.29) is 0 Å². The third-order valence-corrected chi connectivity index (χ3v) is 3.26. The number of hydrogen-bond acceptors (Lipinski definition) is 2. The maximum Gasteiger partial charge on any atom is 0.336 e. The minimum atomic E-state index is -0.907. The van der Waals surface area contributed by atoms with Crippen LogP contribution in [0.5, 0.6) is 0 Å². The molecule has 0 spiro atoms. The van der Waals surface area contributed by atoms with E-state index in [2.05, 4.69) is 41.6 Å². The van der Waals surface area contributed by atoms with E-state index in [4.69, 9.17) is 5.11 Å². The molecular weight excluding hydrogens is 282 g/mol. The molecule has 0 aliphatic heterocycles. The van der Waals surface area contributed by atoms with Gasteiger partial charge in [-0.2, -0.15) is 0 Å². The maximum atomic E-state index is 10.9. The summed E-state index contributed by atoms with van der Waals surface area (Å²) in [5.74, 6) is -0.907. The summed E-state index contributed by atoms with van der Waals surface area (Å²) < 4.78 is 0.629. The highest BCUT2D eigenvalue weighted by Gasteiger charge is 2.13. The number of benzene rings is 1. The Bertz CT molecular complexity index is 404. The number of nitrogens with zero attached hydrogens (tertiary/aromatic N) is 1. The molecule has 0 bridgehead atoms. The minimum Gasteiger partial charge on any atom is -0.478 e. The van der Waals surface area contributed by atoms with Gasteiger partial charge in [0.1, 0.15) is 0 Å². The zero-order valence-electron chi connectivity index (χ0n) is 10.4. The highest BCUT2D eigenvalue weighted by Crippen LogP contribution is 2.25. The van der Waals surface area contributed by atoms with Crippen LogP contribution in [0.4, 0.5) is 5.69 Å². The van der Waals surface area contributed by atoms with Crippen LogP contribution in [-0.4, -0.2) is 23.7 Å². The van der Waals surface area contributed by atoms with Crippen molar-refractivity contribution in [2.45, 2.75) is 33.2 Å². The lowest BCUT2D eigenvalue weighted by atomic mass is 10.1. The predicted octanol–water partition coefficient (Wildman–Crippen LogP) is 3.77. The average Bonchev–Trinajstić information content (AvgIpc) is 2.24. The van der Waals surface area contributed by atoms with Crippen molar-refractivity contribution in [3.63, 3.8) is 0 Å². The van der Waals surface area contributed by atoms with Gasteiger partial charge in [-0.3, -0.25) is 0 Å². The van der Waals surface area contributed by atoms with Gasteiger partial charge in [0.15, 0.2) is 0 Å². The van der Waals surface area contributed by atoms with E-state index in [0.717, 1.165) is 18.7 Å². The Balaban J connectivity index is 3.06. The van der Waals surface area contributed by atoms with Gasteiger partial charge in [0, 0.05) is 22.7 Å². The van der Waals surface area contributed by atoms with Gasteiger partial charge in [0.05, 0.1) is 5.56 Å². The first-order valence-electron chi connectivity index (χ1n) is 5.76.